The molecule has 0 aromatic heterocycles. The molecule has 0 saturated carbocycles. The Kier molecular flexibility index (Phi) is 51.9. The molecule has 3 saturated heterocycles. The van der Waals surface area contributed by atoms with Crippen LogP contribution in [0.4, 0.5) is 0 Å². The number of aliphatic hydroxyl groups is 11. The molecule has 3 aliphatic rings. The zero-order valence-electron chi connectivity index (χ0n) is 58.8. The number of unbranched alkanes of at least 4 members (excludes halogenated alkanes) is 27. The largest absolute Gasteiger partial charge is 0.394 e. The van der Waals surface area contributed by atoms with E-state index in [-0.39, 0.29) is 18.9 Å². The molecule has 3 aliphatic heterocycles. The Labute approximate surface area is 577 Å². The number of hydrogen-bond acceptors (Lipinski definition) is 18. The number of carbonyl (C=O) groups excluding carboxylic acids is 1. The zero-order valence-corrected chi connectivity index (χ0v) is 58.8. The van der Waals surface area contributed by atoms with Crippen LogP contribution >= 0.6 is 0 Å². The normalized spacial score (nSPS) is 27.6. The van der Waals surface area contributed by atoms with E-state index < -0.39 is 124 Å². The van der Waals surface area contributed by atoms with Gasteiger partial charge in [-0.1, -0.05) is 259 Å². The highest BCUT2D eigenvalue weighted by Crippen LogP contribution is 2.33. The van der Waals surface area contributed by atoms with Gasteiger partial charge in [0.05, 0.1) is 38.6 Å². The fourth-order valence-electron chi connectivity index (χ4n) is 12.1. The average molecular weight is 1360 g/mol. The van der Waals surface area contributed by atoms with Gasteiger partial charge in [-0.05, 0) is 83.5 Å². The molecular weight excluding hydrogens is 1230 g/mol. The number of amides is 1. The van der Waals surface area contributed by atoms with E-state index in [1.54, 1.807) is 6.08 Å². The van der Waals surface area contributed by atoms with E-state index in [2.05, 4.69) is 104 Å². The molecule has 3 fully saturated rings. The van der Waals surface area contributed by atoms with Crippen LogP contribution in [0.1, 0.15) is 251 Å². The van der Waals surface area contributed by atoms with E-state index in [1.807, 2.05) is 6.08 Å². The molecule has 17 unspecified atom stereocenters. The van der Waals surface area contributed by atoms with Crippen LogP contribution in [0.5, 0.6) is 0 Å². The van der Waals surface area contributed by atoms with Gasteiger partial charge in [0.1, 0.15) is 73.2 Å². The lowest BCUT2D eigenvalue weighted by Crippen LogP contribution is -2.66. The zero-order chi connectivity index (χ0) is 69.6. The fraction of sp³-hybridized carbons (Fsp3) is 0.779. The lowest BCUT2D eigenvalue weighted by atomic mass is 9.96. The topological polar surface area (TPSA) is 307 Å². The summed E-state index contributed by atoms with van der Waals surface area (Å²) in [6.07, 6.45) is 49.6. The van der Waals surface area contributed by atoms with Gasteiger partial charge in [0.25, 0.3) is 0 Å². The molecule has 17 atom stereocenters. The highest BCUT2D eigenvalue weighted by Gasteiger charge is 2.53. The third-order valence-electron chi connectivity index (χ3n) is 18.1. The summed E-state index contributed by atoms with van der Waals surface area (Å²) in [5.41, 5.74) is 0. The lowest BCUT2D eigenvalue weighted by Gasteiger charge is -2.48. The monoisotopic (exact) mass is 1360 g/mol. The maximum absolute atomic E-state index is 13.4. The van der Waals surface area contributed by atoms with Gasteiger partial charge >= 0.3 is 0 Å². The van der Waals surface area contributed by atoms with Gasteiger partial charge in [-0.3, -0.25) is 4.79 Å². The summed E-state index contributed by atoms with van der Waals surface area (Å²) in [6, 6.07) is -0.996. The number of allylic oxidation sites excluding steroid dienone is 15. The van der Waals surface area contributed by atoms with E-state index in [9.17, 15) is 61.0 Å². The Morgan fingerprint density at radius 1 is 0.385 bits per heavy atom. The summed E-state index contributed by atoms with van der Waals surface area (Å²) in [4.78, 5) is 13.4. The number of aliphatic hydroxyl groups excluding tert-OH is 11. The van der Waals surface area contributed by atoms with Crippen molar-refractivity contribution in [1.82, 2.24) is 5.32 Å². The maximum atomic E-state index is 13.4. The van der Waals surface area contributed by atoms with E-state index in [0.29, 0.717) is 12.8 Å². The third-order valence-corrected chi connectivity index (χ3v) is 18.1. The van der Waals surface area contributed by atoms with Crippen LogP contribution in [-0.4, -0.2) is 193 Å². The van der Waals surface area contributed by atoms with Crippen LogP contribution < -0.4 is 5.32 Å². The number of hydrogen-bond donors (Lipinski definition) is 12. The molecular formula is C77H133NO18. The van der Waals surface area contributed by atoms with Crippen molar-refractivity contribution in [3.63, 3.8) is 0 Å². The fourth-order valence-corrected chi connectivity index (χ4v) is 12.1. The van der Waals surface area contributed by atoms with Crippen LogP contribution in [0, 0.1) is 0 Å². The predicted molar refractivity (Wildman–Crippen MR) is 378 cm³/mol. The Hall–Kier alpha value is -3.29. The summed E-state index contributed by atoms with van der Waals surface area (Å²) < 4.78 is 34.4. The van der Waals surface area contributed by atoms with Gasteiger partial charge in [0.15, 0.2) is 18.9 Å². The van der Waals surface area contributed by atoms with E-state index in [0.717, 1.165) is 83.5 Å². The molecule has 0 radical (unpaired) electrons. The van der Waals surface area contributed by atoms with Crippen LogP contribution in [0.3, 0.4) is 0 Å². The van der Waals surface area contributed by atoms with Crippen molar-refractivity contribution >= 4 is 5.91 Å². The van der Waals surface area contributed by atoms with Crippen molar-refractivity contribution in [2.75, 3.05) is 26.4 Å². The molecule has 19 nitrogen and oxygen atoms in total. The summed E-state index contributed by atoms with van der Waals surface area (Å²) >= 11 is 0. The molecule has 0 spiro atoms. The van der Waals surface area contributed by atoms with Crippen molar-refractivity contribution in [3.05, 3.63) is 97.2 Å². The first-order valence-electron chi connectivity index (χ1n) is 37.5. The van der Waals surface area contributed by atoms with Crippen LogP contribution in [0.15, 0.2) is 97.2 Å². The van der Waals surface area contributed by atoms with E-state index in [4.69, 9.17) is 28.4 Å². The Morgan fingerprint density at radius 3 is 1.17 bits per heavy atom. The summed E-state index contributed by atoms with van der Waals surface area (Å²) in [7, 11) is 0. The highest BCUT2D eigenvalue weighted by molar-refractivity contribution is 5.76. The van der Waals surface area contributed by atoms with Crippen molar-refractivity contribution < 1.29 is 89.4 Å². The Bertz CT molecular complexity index is 2110. The van der Waals surface area contributed by atoms with Crippen molar-refractivity contribution in [1.29, 1.82) is 0 Å². The third kappa shape index (κ3) is 37.9. The molecule has 554 valence electrons. The second-order valence-corrected chi connectivity index (χ2v) is 26.4. The standard InChI is InChI=1S/C77H133NO18/c1-3-5-7-9-11-13-15-17-19-21-23-24-25-26-27-28-29-30-31-32-33-34-35-36-37-39-41-43-45-47-49-51-53-55-65(83)78-60(61(82)54-52-50-48-46-44-42-40-38-22-20-18-16-14-12-10-8-6-4-2)59-91-75-71(89)68(86)73(63(57-80)93-75)96-77-72(90)69(87)74(64(58-81)94-77)95-76-70(88)67(85)66(84)62(56-79)92-76/h5,7,11,13,17,19,23-24,26-27,29-30,44,46,52,54,60-64,66-77,79-82,84-90H,3-4,6,8-10,12,14-16,18,20-22,25,28,31-43,45,47-51,53,55-59H2,1-2H3,(H,78,83)/b7-5-,13-11-,19-17-,24-23-,27-26-,30-29-,46-44+,54-52+. The Morgan fingerprint density at radius 2 is 0.729 bits per heavy atom. The van der Waals surface area contributed by atoms with Crippen LogP contribution in [0.2, 0.25) is 0 Å². The first-order chi connectivity index (χ1) is 46.8. The number of carbonyl (C=O) groups is 1. The van der Waals surface area contributed by atoms with Crippen molar-refractivity contribution in [2.45, 2.75) is 356 Å². The molecule has 0 aliphatic carbocycles. The molecule has 96 heavy (non-hydrogen) atoms. The van der Waals surface area contributed by atoms with Gasteiger partial charge in [-0.25, -0.2) is 0 Å². The van der Waals surface area contributed by atoms with Crippen molar-refractivity contribution in [2.24, 2.45) is 0 Å². The average Bonchev–Trinajstić information content (AvgIpc) is 0.787. The number of rotatable bonds is 57. The molecule has 1 amide bonds. The minimum atomic E-state index is -1.98. The van der Waals surface area contributed by atoms with Gasteiger partial charge in [0.2, 0.25) is 5.91 Å². The maximum Gasteiger partial charge on any atom is 0.220 e. The second-order valence-electron chi connectivity index (χ2n) is 26.4. The summed E-state index contributed by atoms with van der Waals surface area (Å²) in [5, 5.41) is 121. The predicted octanol–water partition coefficient (Wildman–Crippen LogP) is 11.2. The molecule has 3 rings (SSSR count). The van der Waals surface area contributed by atoms with Gasteiger partial charge in [0, 0.05) is 6.42 Å². The van der Waals surface area contributed by atoms with Gasteiger partial charge in [-0.2, -0.15) is 0 Å². The lowest BCUT2D eigenvalue weighted by molar-refractivity contribution is -0.379. The molecule has 0 aromatic carbocycles. The second kappa shape index (κ2) is 57.3. The quantitative estimate of drug-likeness (QED) is 0.0199. The SMILES string of the molecule is CC/C=C\C/C=C\C/C=C\C/C=C\C/C=C\C/C=C\CCCCCCCCCCCCCCCCC(=O)NC(COC1OC(CO)C(OC2OC(CO)C(OC3OC(CO)C(O)C(O)C3O)C(O)C2O)C(O)C1O)C(O)/C=C/CC/C=C/CCCCCCCCCCCCCC. The highest BCUT2D eigenvalue weighted by atomic mass is 16.8. The first kappa shape index (κ1) is 86.9. The molecule has 0 bridgehead atoms. The minimum Gasteiger partial charge on any atom is -0.394 e. The van der Waals surface area contributed by atoms with E-state index in [1.165, 1.54) is 135 Å². The van der Waals surface area contributed by atoms with E-state index >= 15 is 0 Å². The minimum absolute atomic E-state index is 0.230. The molecule has 19 heteroatoms. The number of nitrogens with one attached hydrogen (secondary N) is 1. The molecule has 3 heterocycles. The van der Waals surface area contributed by atoms with Crippen molar-refractivity contribution in [3.8, 4) is 0 Å². The Balaban J connectivity index is 1.38. The molecule has 0 aromatic rings. The smallest absolute Gasteiger partial charge is 0.220 e. The van der Waals surface area contributed by atoms with Gasteiger partial charge < -0.3 is 89.9 Å². The van der Waals surface area contributed by atoms with Crippen LogP contribution in [-0.2, 0) is 33.2 Å². The van der Waals surface area contributed by atoms with Gasteiger partial charge in [-0.15, -0.1) is 0 Å². The summed E-state index contributed by atoms with van der Waals surface area (Å²) in [5.74, 6) is -0.288. The first-order valence-corrected chi connectivity index (χ1v) is 37.5. The number of ether oxygens (including phenoxy) is 6. The summed E-state index contributed by atoms with van der Waals surface area (Å²) in [6.45, 7) is 1.60. The van der Waals surface area contributed by atoms with Crippen LogP contribution in [0.25, 0.3) is 0 Å². The molecule has 12 N–H and O–H groups in total.